The van der Waals surface area contributed by atoms with E-state index in [0.29, 0.717) is 0 Å². The summed E-state index contributed by atoms with van der Waals surface area (Å²) in [5, 5.41) is 0. The average molecular weight is 85.1 g/mol. The summed E-state index contributed by atoms with van der Waals surface area (Å²) in [5.74, 6) is 0. The molecule has 0 atom stereocenters. The van der Waals surface area contributed by atoms with E-state index in [9.17, 15) is 0 Å². The van der Waals surface area contributed by atoms with Gasteiger partial charge in [-0.1, -0.05) is 0 Å². The summed E-state index contributed by atoms with van der Waals surface area (Å²) in [6, 6.07) is 0. The van der Waals surface area contributed by atoms with E-state index in [2.05, 4.69) is 0 Å². The van der Waals surface area contributed by atoms with E-state index >= 15 is 0 Å². The van der Waals surface area contributed by atoms with Gasteiger partial charge in [-0.05, 0) is 11.0 Å². The molecule has 0 N–H and O–H groups in total. The van der Waals surface area contributed by atoms with Gasteiger partial charge in [-0.3, -0.25) is 0 Å². The van der Waals surface area contributed by atoms with E-state index in [1.807, 2.05) is 0 Å². The van der Waals surface area contributed by atoms with Crippen molar-refractivity contribution in [3.63, 3.8) is 0 Å². The molecule has 0 aliphatic heterocycles. The molecule has 0 saturated heterocycles. The summed E-state index contributed by atoms with van der Waals surface area (Å²) in [6.45, 7) is 0. The van der Waals surface area contributed by atoms with Crippen LogP contribution in [0.4, 0.5) is 0 Å². The normalized spacial score (nSPS) is 0. The van der Waals surface area contributed by atoms with Crippen molar-refractivity contribution < 1.29 is 0 Å². The smallest absolute Gasteiger partial charge is 0 e. The Morgan fingerprint density at radius 2 is 1.00 bits per heavy atom. The highest BCUT2D eigenvalue weighted by molar-refractivity contribution is 5.76. The van der Waals surface area contributed by atoms with Crippen molar-refractivity contribution in [2.24, 2.45) is 0 Å². The van der Waals surface area contributed by atoms with Crippen molar-refractivity contribution in [2.45, 2.75) is 0 Å². The molecule has 0 rings (SSSR count). The van der Waals surface area contributed by atoms with Crippen LogP contribution >= 0.6 is 0 Å². The van der Waals surface area contributed by atoms with E-state index in [0.717, 1.165) is 0 Å². The lowest BCUT2D eigenvalue weighted by Crippen LogP contribution is -0.481. The first kappa shape index (κ1) is 129. The molecule has 10 radical (unpaired) electrons. The zero-order valence-corrected chi connectivity index (χ0v) is 2.68. The number of hydrogen-bond acceptors (Lipinski definition) is 0. The quantitative estimate of drug-likeness (QED) is 0.298. The van der Waals surface area contributed by atoms with Gasteiger partial charge < -0.3 is 0 Å². The fraction of sp³-hybridized carbons (Fsp3) is 0. The second kappa shape index (κ2) is 54.1. The third-order valence-electron chi connectivity index (χ3n) is 0. The molecule has 0 saturated carbocycles. The monoisotopic (exact) mass is 85.0 g/mol. The predicted octanol–water partition coefficient (Wildman–Crippen LogP) is -2.23. The Balaban J connectivity index is 0. The van der Waals surface area contributed by atoms with E-state index in [-0.39, 0.29) is 41.9 Å². The Morgan fingerprint density at radius 1 is 1.00 bits per heavy atom. The van der Waals surface area contributed by atoms with Crippen LogP contribution in [0.1, 0.15) is 0 Å². The second-order valence-corrected chi connectivity index (χ2v) is 0. The largest absolute Gasteiger partial charge is 0.0149 e. The molecule has 0 bridgehead atoms. The molecule has 4 heavy (non-hydrogen) atoms. The average Bonchev–Trinajstić information content (AvgIpc) is 0. The van der Waals surface area contributed by atoms with Crippen molar-refractivity contribution in [3.8, 4) is 0 Å². The maximum atomic E-state index is 0. The van der Waals surface area contributed by atoms with Crippen LogP contribution in [0, 0.1) is 7.43 Å². The topological polar surface area (TPSA) is 30.5 Å². The summed E-state index contributed by atoms with van der Waals surface area (Å²) in [5.41, 5.74) is 0. The van der Waals surface area contributed by atoms with Gasteiger partial charge in [0.25, 0.3) is 0 Å². The van der Waals surface area contributed by atoms with Gasteiger partial charge >= 0.3 is 0 Å². The summed E-state index contributed by atoms with van der Waals surface area (Å²) >= 11 is 0. The molecular weight excluding hydrogens is 81.1 g/mol. The van der Waals surface area contributed by atoms with Gasteiger partial charge in [0, 0.05) is 30.9 Å². The Kier molecular flexibility index (Phi) is 1740. The summed E-state index contributed by atoms with van der Waals surface area (Å²) < 4.78 is 0. The first-order valence-electron chi connectivity index (χ1n) is 0. The maximum absolute atomic E-state index is 0. The molecule has 0 aromatic rings. The van der Waals surface area contributed by atoms with Crippen LogP contribution in [0.15, 0.2) is 0 Å². The molecular formula is CH4AlNSi. The van der Waals surface area contributed by atoms with E-state index in [1.54, 1.807) is 0 Å². The van der Waals surface area contributed by atoms with Crippen LogP contribution in [-0.2, 0) is 0 Å². The lowest BCUT2D eigenvalue weighted by molar-refractivity contribution is 2.13. The molecule has 0 aromatic carbocycles. The zero-order chi connectivity index (χ0) is 0. The minimum Gasteiger partial charge on any atom is -0.0149 e. The molecule has 0 spiro atoms. The van der Waals surface area contributed by atoms with Crippen LogP contribution in [0.25, 0.3) is 0 Å². The lowest BCUT2D eigenvalue weighted by Gasteiger charge is -0.0150. The Labute approximate surface area is 42.5 Å². The van der Waals surface area contributed by atoms with Crippen molar-refractivity contribution >= 4 is 28.3 Å². The molecule has 0 aliphatic rings. The first-order chi connectivity index (χ1) is 0. The molecule has 3 heteroatoms. The summed E-state index contributed by atoms with van der Waals surface area (Å²) in [7, 11) is 0. The molecule has 0 unspecified atom stereocenters. The van der Waals surface area contributed by atoms with E-state index < -0.39 is 0 Å². The summed E-state index contributed by atoms with van der Waals surface area (Å²) in [6.07, 6.45) is 0. The second-order valence-electron chi connectivity index (χ2n) is 0. The van der Waals surface area contributed by atoms with Crippen molar-refractivity contribution in [2.75, 3.05) is 0 Å². The molecule has 0 aliphatic carbocycles. The van der Waals surface area contributed by atoms with Crippen LogP contribution in [0.3, 0.4) is 0 Å². The van der Waals surface area contributed by atoms with Crippen molar-refractivity contribution in [1.82, 2.24) is 6.15 Å². The highest BCUT2D eigenvalue weighted by Gasteiger charge is 0.00218. The molecule has 1 nitrogen and oxygen atoms in total. The molecule has 0 aromatic heterocycles. The van der Waals surface area contributed by atoms with Gasteiger partial charge in [0.1, 0.15) is 0 Å². The fourth-order valence-electron chi connectivity index (χ4n) is 0. The third kappa shape index (κ3) is 15.7. The number of hydrogen-bond donors (Lipinski definition) is 0. The number of nitrogens with zero attached hydrogens (tertiary/aromatic N) is 1. The number of rotatable bonds is 0. The lowest BCUT2D eigenvalue weighted by atomic mass is 12.0. The van der Waals surface area contributed by atoms with Crippen LogP contribution < -0.4 is 6.15 Å². The highest BCUT2D eigenvalue weighted by atomic mass is 28.1. The molecule has 0 amide bonds. The van der Waals surface area contributed by atoms with Gasteiger partial charge in [-0.25, -0.2) is 0 Å². The minimum atomic E-state index is 0. The SMILES string of the molecule is [Al].[C].[N].[SiH4]. The van der Waals surface area contributed by atoms with Crippen molar-refractivity contribution in [1.29, 1.82) is 0 Å². The zero-order valence-electron chi connectivity index (χ0n) is 1.52. The molecule has 20 valence electrons. The van der Waals surface area contributed by atoms with Crippen molar-refractivity contribution in [3.05, 3.63) is 7.43 Å². The minimum absolute atomic E-state index is 0. The van der Waals surface area contributed by atoms with Gasteiger partial charge in [-0.2, -0.15) is 0 Å². The standard InChI is InChI=1S/C.Al.N.H4Si/h;;;1H4. The maximum Gasteiger partial charge on any atom is 0 e. The molecule has 0 heterocycles. The van der Waals surface area contributed by atoms with Crippen LogP contribution in [0.2, 0.25) is 0 Å². The van der Waals surface area contributed by atoms with E-state index in [1.165, 1.54) is 0 Å². The van der Waals surface area contributed by atoms with Gasteiger partial charge in [-0.15, -0.1) is 0 Å². The Bertz CT molecular complexity index is 8.00. The summed E-state index contributed by atoms with van der Waals surface area (Å²) in [4.78, 5) is 0. The van der Waals surface area contributed by atoms with Crippen LogP contribution in [-0.4, -0.2) is 28.3 Å². The predicted molar refractivity (Wildman–Crippen MR) is 22.5 cm³/mol. The van der Waals surface area contributed by atoms with E-state index in [4.69, 9.17) is 0 Å². The van der Waals surface area contributed by atoms with Crippen LogP contribution in [0.5, 0.6) is 0 Å². The van der Waals surface area contributed by atoms with Gasteiger partial charge in [0.15, 0.2) is 0 Å². The Morgan fingerprint density at radius 3 is 1.00 bits per heavy atom. The fourth-order valence-corrected chi connectivity index (χ4v) is 0. The first-order valence-corrected chi connectivity index (χ1v) is 0. The Hall–Kier alpha value is 0.709. The third-order valence-corrected chi connectivity index (χ3v) is 0. The highest BCUT2D eigenvalue weighted by Crippen LogP contribution is 0.0813. The van der Waals surface area contributed by atoms with Gasteiger partial charge in [0.2, 0.25) is 0 Å². The van der Waals surface area contributed by atoms with Gasteiger partial charge in [0.05, 0.1) is 0 Å². The molecule has 0 fully saturated rings.